The molecule has 0 aliphatic heterocycles. The molecule has 0 aliphatic rings. The monoisotopic (exact) mass is 690 g/mol. The number of allylic oxidation sites excluding steroid dienone is 4. The molecule has 196 valence electrons. The van der Waals surface area contributed by atoms with Crippen LogP contribution in [0.4, 0.5) is 0 Å². The van der Waals surface area contributed by atoms with E-state index in [9.17, 15) is 0 Å². The lowest BCUT2D eigenvalue weighted by Gasteiger charge is -2.20. The summed E-state index contributed by atoms with van der Waals surface area (Å²) in [5.41, 5.74) is 0. The smallest absolute Gasteiger partial charge is 0.149 e. The number of halogens is 2. The van der Waals surface area contributed by atoms with Gasteiger partial charge in [0.15, 0.2) is 0 Å². The largest absolute Gasteiger partial charge is 0.352 e. The Morgan fingerprint density at radius 2 is 0.970 bits per heavy atom. The maximum atomic E-state index is 6.10. The zero-order valence-corrected chi connectivity index (χ0v) is 26.2. The summed E-state index contributed by atoms with van der Waals surface area (Å²) in [5.74, 6) is 0. The highest BCUT2D eigenvalue weighted by molar-refractivity contribution is 14.1. The second kappa shape index (κ2) is 25.9. The van der Waals surface area contributed by atoms with Gasteiger partial charge in [-0.3, -0.25) is 0 Å². The van der Waals surface area contributed by atoms with Gasteiger partial charge in [-0.2, -0.15) is 0 Å². The fourth-order valence-electron chi connectivity index (χ4n) is 3.67. The van der Waals surface area contributed by atoms with Gasteiger partial charge in [-0.25, -0.2) is 0 Å². The van der Waals surface area contributed by atoms with E-state index in [1.54, 1.807) is 0 Å². The molecule has 0 bridgehead atoms. The first kappa shape index (κ1) is 33.8. The van der Waals surface area contributed by atoms with Crippen molar-refractivity contribution in [3.63, 3.8) is 0 Å². The Labute approximate surface area is 233 Å². The molecular formula is C28H52I2O3. The van der Waals surface area contributed by atoms with Crippen LogP contribution in [0, 0.1) is 0 Å². The average Bonchev–Trinajstić information content (AvgIpc) is 2.78. The number of alkyl halides is 2. The molecule has 0 N–H and O–H groups in total. The Morgan fingerprint density at radius 1 is 0.576 bits per heavy atom. The molecule has 0 aromatic rings. The standard InChI is InChI=1S/C28H52I2O3/c1-5-7-9-11-19-27(21-15-13-17-25(3)29)32-23-31-24-33-28(20-12-10-8-6-2)22-16-14-18-26(4)30/h7-10,25-28H,5-6,11-24H2,1-4H3. The van der Waals surface area contributed by atoms with Crippen molar-refractivity contribution in [1.29, 1.82) is 0 Å². The van der Waals surface area contributed by atoms with Gasteiger partial charge >= 0.3 is 0 Å². The van der Waals surface area contributed by atoms with Gasteiger partial charge in [0.05, 0.1) is 12.2 Å². The molecule has 5 heteroatoms. The number of ether oxygens (including phenoxy) is 3. The van der Waals surface area contributed by atoms with Crippen LogP contribution in [0.1, 0.15) is 118 Å². The Hall–Kier alpha value is 0.820. The Bertz CT molecular complexity index is 412. The molecule has 0 heterocycles. The van der Waals surface area contributed by atoms with E-state index >= 15 is 0 Å². The summed E-state index contributed by atoms with van der Waals surface area (Å²) in [4.78, 5) is 0. The van der Waals surface area contributed by atoms with Crippen LogP contribution in [0.2, 0.25) is 0 Å². The molecule has 0 aromatic carbocycles. The molecule has 4 atom stereocenters. The van der Waals surface area contributed by atoms with E-state index in [4.69, 9.17) is 14.2 Å². The predicted octanol–water partition coefficient (Wildman–Crippen LogP) is 9.95. The number of unbranched alkanes of at least 4 members (excludes halogenated alkanes) is 2. The third-order valence-corrected chi connectivity index (χ3v) is 6.89. The lowest BCUT2D eigenvalue weighted by Crippen LogP contribution is -2.19. The third kappa shape index (κ3) is 25.7. The van der Waals surface area contributed by atoms with Gasteiger partial charge in [-0.05, 0) is 64.2 Å². The molecule has 3 nitrogen and oxygen atoms in total. The minimum absolute atomic E-state index is 0.279. The van der Waals surface area contributed by atoms with Crippen molar-refractivity contribution in [3.8, 4) is 0 Å². The Kier molecular flexibility index (Phi) is 26.5. The number of rotatable bonds is 24. The SMILES string of the molecule is CCC=CCCC(CCCCC(C)I)OCOCOC(CCC=CCC)CCCCC(C)I. The van der Waals surface area contributed by atoms with Gasteiger partial charge in [-0.1, -0.05) is 123 Å². The molecule has 0 saturated carbocycles. The topological polar surface area (TPSA) is 27.7 Å². The summed E-state index contributed by atoms with van der Waals surface area (Å²) in [6, 6.07) is 0. The van der Waals surface area contributed by atoms with Crippen molar-refractivity contribution in [3.05, 3.63) is 24.3 Å². The lowest BCUT2D eigenvalue weighted by atomic mass is 10.1. The van der Waals surface area contributed by atoms with Gasteiger partial charge in [0.25, 0.3) is 0 Å². The normalized spacial score (nSPS) is 15.9. The number of hydrogen-bond acceptors (Lipinski definition) is 3. The van der Waals surface area contributed by atoms with Crippen LogP contribution in [0.25, 0.3) is 0 Å². The van der Waals surface area contributed by atoms with E-state index in [1.165, 1.54) is 38.5 Å². The molecule has 0 amide bonds. The second-order valence-electron chi connectivity index (χ2n) is 9.06. The highest BCUT2D eigenvalue weighted by Crippen LogP contribution is 2.18. The van der Waals surface area contributed by atoms with E-state index in [2.05, 4.69) is 97.2 Å². The molecule has 0 fully saturated rings. The minimum Gasteiger partial charge on any atom is -0.352 e. The Morgan fingerprint density at radius 3 is 1.33 bits per heavy atom. The highest BCUT2D eigenvalue weighted by Gasteiger charge is 2.11. The molecule has 0 radical (unpaired) electrons. The van der Waals surface area contributed by atoms with E-state index in [1.807, 2.05) is 0 Å². The molecule has 0 spiro atoms. The fourth-order valence-corrected chi connectivity index (χ4v) is 4.55. The second-order valence-corrected chi connectivity index (χ2v) is 13.3. The maximum Gasteiger partial charge on any atom is 0.149 e. The van der Waals surface area contributed by atoms with Gasteiger partial charge in [0.2, 0.25) is 0 Å². The molecule has 0 rings (SSSR count). The minimum atomic E-state index is 0.279. The molecular weight excluding hydrogens is 638 g/mol. The Balaban J connectivity index is 4.28. The summed E-state index contributed by atoms with van der Waals surface area (Å²) in [6.07, 6.45) is 26.0. The fraction of sp³-hybridized carbons (Fsp3) is 0.857. The van der Waals surface area contributed by atoms with Crippen molar-refractivity contribution < 1.29 is 14.2 Å². The lowest BCUT2D eigenvalue weighted by molar-refractivity contribution is -0.167. The van der Waals surface area contributed by atoms with Crippen molar-refractivity contribution in [2.45, 2.75) is 138 Å². The molecule has 0 aromatic heterocycles. The van der Waals surface area contributed by atoms with Crippen LogP contribution in [-0.4, -0.2) is 33.6 Å². The maximum absolute atomic E-state index is 6.10. The molecule has 0 saturated heterocycles. The van der Waals surface area contributed by atoms with Crippen LogP contribution >= 0.6 is 45.2 Å². The van der Waals surface area contributed by atoms with Crippen LogP contribution in [0.5, 0.6) is 0 Å². The summed E-state index contributed by atoms with van der Waals surface area (Å²) < 4.78 is 19.5. The van der Waals surface area contributed by atoms with Gasteiger partial charge in [-0.15, -0.1) is 0 Å². The first-order valence-corrected chi connectivity index (χ1v) is 15.9. The first-order chi connectivity index (χ1) is 16.0. The van der Waals surface area contributed by atoms with E-state index in [0.29, 0.717) is 13.6 Å². The zero-order valence-electron chi connectivity index (χ0n) is 21.9. The molecule has 0 aliphatic carbocycles. The van der Waals surface area contributed by atoms with Crippen LogP contribution in [-0.2, 0) is 14.2 Å². The molecule has 4 unspecified atom stereocenters. The highest BCUT2D eigenvalue weighted by atomic mass is 127. The zero-order chi connectivity index (χ0) is 24.6. The van der Waals surface area contributed by atoms with E-state index in [0.717, 1.165) is 59.2 Å². The van der Waals surface area contributed by atoms with E-state index in [-0.39, 0.29) is 12.2 Å². The third-order valence-electron chi connectivity index (χ3n) is 5.65. The van der Waals surface area contributed by atoms with Gasteiger partial charge < -0.3 is 14.2 Å². The summed E-state index contributed by atoms with van der Waals surface area (Å²) in [6.45, 7) is 9.60. The molecule has 33 heavy (non-hydrogen) atoms. The van der Waals surface area contributed by atoms with Gasteiger partial charge in [0, 0.05) is 7.85 Å². The van der Waals surface area contributed by atoms with E-state index < -0.39 is 0 Å². The predicted molar refractivity (Wildman–Crippen MR) is 162 cm³/mol. The van der Waals surface area contributed by atoms with Crippen molar-refractivity contribution in [2.24, 2.45) is 0 Å². The number of hydrogen-bond donors (Lipinski definition) is 0. The van der Waals surface area contributed by atoms with Crippen molar-refractivity contribution in [1.82, 2.24) is 0 Å². The summed E-state index contributed by atoms with van der Waals surface area (Å²) >= 11 is 5.03. The first-order valence-electron chi connectivity index (χ1n) is 13.4. The van der Waals surface area contributed by atoms with Gasteiger partial charge in [0.1, 0.15) is 13.6 Å². The van der Waals surface area contributed by atoms with Crippen molar-refractivity contribution >= 4 is 45.2 Å². The van der Waals surface area contributed by atoms with Crippen molar-refractivity contribution in [2.75, 3.05) is 13.6 Å². The quantitative estimate of drug-likeness (QED) is 0.0332. The van der Waals surface area contributed by atoms with Crippen LogP contribution in [0.3, 0.4) is 0 Å². The summed E-state index contributed by atoms with van der Waals surface area (Å²) in [7, 11) is 0. The summed E-state index contributed by atoms with van der Waals surface area (Å²) in [5, 5.41) is 0. The van der Waals surface area contributed by atoms with Crippen LogP contribution < -0.4 is 0 Å². The average molecular weight is 691 g/mol. The van der Waals surface area contributed by atoms with Crippen LogP contribution in [0.15, 0.2) is 24.3 Å².